The van der Waals surface area contributed by atoms with Crippen molar-refractivity contribution >= 4 is 11.8 Å². The standard InChI is InChI=1S/C38H61N3O9/c1-11-30-38(8,45)34-27(6)41(22-28-15-12-13-16-39-28)21-23(2)20-37(7,47-18-14-17-46-34)33(25(4)31(42)26(5)35(44)49-30)50-36-32(43)29(40(9)10)19-24(3)48-36/h12-17,23-27,29-30,32-34,36,43,45H,11,18-22H2,1-10H3/b17-14+/t23-,24-,25+,26?,27-,29+,30-,32-,33-,34-,36+,37-,38-/m1/s1. The largest absolute Gasteiger partial charge is 0.493 e. The summed E-state index contributed by atoms with van der Waals surface area (Å²) < 4.78 is 32.0. The minimum atomic E-state index is -1.65. The van der Waals surface area contributed by atoms with Gasteiger partial charge in [0.2, 0.25) is 0 Å². The van der Waals surface area contributed by atoms with Crippen LogP contribution in [0.3, 0.4) is 0 Å². The molecule has 2 N–H and O–H groups in total. The molecule has 2 saturated heterocycles. The van der Waals surface area contributed by atoms with Crippen LogP contribution in [0, 0.1) is 17.8 Å². The first-order chi connectivity index (χ1) is 23.5. The van der Waals surface area contributed by atoms with Crippen molar-refractivity contribution in [2.24, 2.45) is 17.8 Å². The van der Waals surface area contributed by atoms with E-state index in [0.717, 1.165) is 5.69 Å². The summed E-state index contributed by atoms with van der Waals surface area (Å²) in [5.74, 6) is -3.19. The molecule has 0 aliphatic carbocycles. The van der Waals surface area contributed by atoms with E-state index in [4.69, 9.17) is 23.7 Å². The smallest absolute Gasteiger partial charge is 0.316 e. The lowest BCUT2D eigenvalue weighted by atomic mass is 9.78. The van der Waals surface area contributed by atoms with E-state index in [9.17, 15) is 19.8 Å². The summed E-state index contributed by atoms with van der Waals surface area (Å²) in [7, 11) is 3.81. The van der Waals surface area contributed by atoms with Gasteiger partial charge in [-0.05, 0) is 92.1 Å². The Morgan fingerprint density at radius 2 is 1.84 bits per heavy atom. The van der Waals surface area contributed by atoms with Crippen molar-refractivity contribution in [3.05, 3.63) is 42.4 Å². The first-order valence-electron chi connectivity index (χ1n) is 18.2. The molecule has 0 saturated carbocycles. The number of fused-ring (bicyclic) bond motifs is 14. The van der Waals surface area contributed by atoms with E-state index < -0.39 is 65.5 Å². The molecule has 4 aliphatic heterocycles. The van der Waals surface area contributed by atoms with Crippen molar-refractivity contribution in [1.29, 1.82) is 0 Å². The second-order valence-corrected chi connectivity index (χ2v) is 15.5. The fourth-order valence-corrected chi connectivity index (χ4v) is 8.13. The minimum absolute atomic E-state index is 0.0263. The molecule has 2 bridgehead atoms. The highest BCUT2D eigenvalue weighted by Gasteiger charge is 2.52. The van der Waals surface area contributed by atoms with Crippen LogP contribution in [0.25, 0.3) is 0 Å². The van der Waals surface area contributed by atoms with Crippen molar-refractivity contribution in [3.8, 4) is 0 Å². The summed E-state index contributed by atoms with van der Waals surface area (Å²) in [5.41, 5.74) is -1.88. The van der Waals surface area contributed by atoms with Crippen LogP contribution in [0.2, 0.25) is 0 Å². The lowest BCUT2D eigenvalue weighted by molar-refractivity contribution is -0.297. The van der Waals surface area contributed by atoms with Gasteiger partial charge in [-0.15, -0.1) is 0 Å². The molecule has 1 aromatic rings. The number of likely N-dealkylation sites (N-methyl/N-ethyl adjacent to an activating group) is 1. The van der Waals surface area contributed by atoms with E-state index in [1.54, 1.807) is 26.1 Å². The Labute approximate surface area is 298 Å². The van der Waals surface area contributed by atoms with Gasteiger partial charge in [0.25, 0.3) is 0 Å². The number of aromatic nitrogens is 1. The Morgan fingerprint density at radius 3 is 2.48 bits per heavy atom. The maximum absolute atomic E-state index is 14.3. The summed E-state index contributed by atoms with van der Waals surface area (Å²) in [4.78, 5) is 36.8. The van der Waals surface area contributed by atoms with Gasteiger partial charge in [-0.25, -0.2) is 0 Å². The van der Waals surface area contributed by atoms with Crippen molar-refractivity contribution in [1.82, 2.24) is 14.8 Å². The number of carbonyl (C=O) groups excluding carboxylic acids is 2. The Morgan fingerprint density at radius 1 is 1.12 bits per heavy atom. The highest BCUT2D eigenvalue weighted by molar-refractivity contribution is 6.00. The minimum Gasteiger partial charge on any atom is -0.493 e. The summed E-state index contributed by atoms with van der Waals surface area (Å²) >= 11 is 0. The number of Topliss-reactive ketones (excluding diaryl/α,β-unsaturated/α-hetero) is 1. The first kappa shape index (κ1) is 40.3. The number of hydrogen-bond acceptors (Lipinski definition) is 12. The van der Waals surface area contributed by atoms with Crippen LogP contribution in [0.5, 0.6) is 0 Å². The highest BCUT2D eigenvalue weighted by atomic mass is 16.7. The third-order valence-electron chi connectivity index (χ3n) is 10.9. The second kappa shape index (κ2) is 16.9. The SMILES string of the molecule is CC[C@H]1OC(=O)C(C)C(=O)[C@H](C)[C@@H](O[C@@H]2O[C@H](C)C[C@H](N(C)C)[C@H]2O)[C@@]2(C)C[C@@H](C)CN(Cc3ccccn3)[C@H](C)[C@@H](O/C=C/CO2)[C@]1(C)O. The number of hydrogen-bond donors (Lipinski definition) is 2. The fraction of sp³-hybridized carbons (Fsp3) is 0.763. The topological polar surface area (TPSA) is 140 Å². The van der Waals surface area contributed by atoms with Gasteiger partial charge in [-0.3, -0.25) is 19.5 Å². The third-order valence-corrected chi connectivity index (χ3v) is 10.9. The van der Waals surface area contributed by atoms with Crippen molar-refractivity contribution in [2.75, 3.05) is 27.2 Å². The van der Waals surface area contributed by atoms with Gasteiger partial charge < -0.3 is 38.8 Å². The Kier molecular flexibility index (Phi) is 13.6. The lowest BCUT2D eigenvalue weighted by Crippen LogP contribution is -2.60. The molecule has 5 heterocycles. The fourth-order valence-electron chi connectivity index (χ4n) is 8.13. The van der Waals surface area contributed by atoms with E-state index >= 15 is 0 Å². The zero-order valence-corrected chi connectivity index (χ0v) is 31.7. The van der Waals surface area contributed by atoms with Gasteiger partial charge in [0.1, 0.15) is 29.8 Å². The number of carbonyl (C=O) groups is 2. The lowest BCUT2D eigenvalue weighted by Gasteiger charge is -2.47. The van der Waals surface area contributed by atoms with Crippen molar-refractivity contribution < 1.29 is 43.5 Å². The number of esters is 1. The van der Waals surface area contributed by atoms with Crippen LogP contribution in [0.15, 0.2) is 36.7 Å². The normalized spacial score (nSPS) is 42.0. The first-order valence-corrected chi connectivity index (χ1v) is 18.2. The molecule has 12 heteroatoms. The number of nitrogens with zero attached hydrogens (tertiary/aromatic N) is 3. The molecule has 50 heavy (non-hydrogen) atoms. The number of pyridine rings is 1. The van der Waals surface area contributed by atoms with Crippen LogP contribution in [0.4, 0.5) is 0 Å². The monoisotopic (exact) mass is 703 g/mol. The van der Waals surface area contributed by atoms with Crippen molar-refractivity contribution in [3.63, 3.8) is 0 Å². The van der Waals surface area contributed by atoms with Gasteiger partial charge in [0.05, 0.1) is 36.4 Å². The predicted octanol–water partition coefficient (Wildman–Crippen LogP) is 3.73. The molecular weight excluding hydrogens is 642 g/mol. The number of ketones is 1. The number of aliphatic hydroxyl groups excluding tert-OH is 1. The van der Waals surface area contributed by atoms with Crippen LogP contribution in [-0.2, 0) is 39.8 Å². The zero-order valence-electron chi connectivity index (χ0n) is 31.7. The van der Waals surface area contributed by atoms with Crippen molar-refractivity contribution in [2.45, 2.75) is 141 Å². The Balaban J connectivity index is 1.86. The van der Waals surface area contributed by atoms with Crippen LogP contribution < -0.4 is 0 Å². The van der Waals surface area contributed by atoms with E-state index in [0.29, 0.717) is 25.9 Å². The molecule has 0 spiro atoms. The summed E-state index contributed by atoms with van der Waals surface area (Å²) in [5, 5.41) is 23.7. The predicted molar refractivity (Wildman–Crippen MR) is 188 cm³/mol. The molecule has 2 fully saturated rings. The quantitative estimate of drug-likeness (QED) is 0.330. The number of rotatable bonds is 6. The summed E-state index contributed by atoms with van der Waals surface area (Å²) in [6.07, 6.45) is 1.38. The van der Waals surface area contributed by atoms with Gasteiger partial charge >= 0.3 is 5.97 Å². The molecular formula is C38H61N3O9. The Hall–Kier alpha value is -2.45. The van der Waals surface area contributed by atoms with Crippen LogP contribution in [0.1, 0.15) is 80.3 Å². The molecule has 13 atom stereocenters. The van der Waals surface area contributed by atoms with E-state index in [2.05, 4.69) is 16.8 Å². The number of ether oxygens (including phenoxy) is 5. The average Bonchev–Trinajstić information content (AvgIpc) is 3.06. The van der Waals surface area contributed by atoms with E-state index in [1.165, 1.54) is 13.2 Å². The molecule has 0 radical (unpaired) electrons. The zero-order chi connectivity index (χ0) is 37.0. The molecule has 0 amide bonds. The highest BCUT2D eigenvalue weighted by Crippen LogP contribution is 2.38. The maximum atomic E-state index is 14.3. The van der Waals surface area contributed by atoms with E-state index in [1.807, 2.05) is 64.9 Å². The van der Waals surface area contributed by atoms with Gasteiger partial charge in [0, 0.05) is 37.3 Å². The molecule has 282 valence electrons. The average molecular weight is 704 g/mol. The molecule has 0 aromatic carbocycles. The summed E-state index contributed by atoms with van der Waals surface area (Å²) in [6.45, 7) is 15.9. The molecule has 5 rings (SSSR count). The molecule has 12 nitrogen and oxygen atoms in total. The van der Waals surface area contributed by atoms with Gasteiger partial charge in [0.15, 0.2) is 12.1 Å². The van der Waals surface area contributed by atoms with Crippen LogP contribution in [-0.4, -0.2) is 124 Å². The van der Waals surface area contributed by atoms with Crippen LogP contribution >= 0.6 is 0 Å². The molecule has 1 aromatic heterocycles. The van der Waals surface area contributed by atoms with Gasteiger partial charge in [-0.1, -0.05) is 26.8 Å². The number of aliphatic hydroxyl groups is 2. The van der Waals surface area contributed by atoms with Gasteiger partial charge in [-0.2, -0.15) is 0 Å². The Bertz CT molecular complexity index is 1300. The second-order valence-electron chi connectivity index (χ2n) is 15.5. The molecule has 4 aliphatic rings. The molecule has 1 unspecified atom stereocenters. The summed E-state index contributed by atoms with van der Waals surface area (Å²) in [6, 6.07) is 5.17. The maximum Gasteiger partial charge on any atom is 0.316 e. The third kappa shape index (κ3) is 9.12. The van der Waals surface area contributed by atoms with E-state index in [-0.39, 0.29) is 37.1 Å².